The number of hydrogen-bond donors (Lipinski definition) is 1. The minimum atomic E-state index is -6.09. The van der Waals surface area contributed by atoms with Gasteiger partial charge in [0.1, 0.15) is 24.2 Å². The average Bonchev–Trinajstić information content (AvgIpc) is 3.14. The standard InChI is InChI=1S/C10H14ClN4O12P3.4Li/c11-9-8-10(13-3-12-9)15(4-14-8)7-1-5(16)6(25-7)2-24-29(20,21)27-30(22,23)26-28(17,18)19;;;;/h3-7,16H,1-2H2,(H,20,21)(H,22,23)(H2,17,18,19);;;;/q;4*+1/p-4. The van der Waals surface area contributed by atoms with Crippen LogP contribution in [0, 0.1) is 0 Å². The predicted octanol–water partition coefficient (Wildman–Crippen LogP) is -14.0. The smallest absolute Gasteiger partial charge is 0.790 e. The summed E-state index contributed by atoms with van der Waals surface area (Å²) in [4.78, 5) is 55.1. The average molecular weight is 534 g/mol. The molecule has 0 aromatic carbocycles. The monoisotopic (exact) mass is 534 g/mol. The molecule has 1 aliphatic rings. The number of fused-ring (bicyclic) bond motifs is 1. The summed E-state index contributed by atoms with van der Waals surface area (Å²) in [5.41, 5.74) is 0.533. The molecule has 3 rings (SSSR count). The molecule has 2 aromatic rings. The molecule has 3 heterocycles. The van der Waals surface area contributed by atoms with Crippen LogP contribution in [0.4, 0.5) is 0 Å². The maximum Gasteiger partial charge on any atom is 1.00 e. The normalized spacial score (nSPS) is 23.4. The van der Waals surface area contributed by atoms with Crippen LogP contribution in [0.25, 0.3) is 11.2 Å². The minimum Gasteiger partial charge on any atom is -0.790 e. The van der Waals surface area contributed by atoms with E-state index in [0.717, 1.165) is 0 Å². The fourth-order valence-corrected chi connectivity index (χ4v) is 5.56. The summed E-state index contributed by atoms with van der Waals surface area (Å²) in [7, 11) is -17.9. The van der Waals surface area contributed by atoms with Gasteiger partial charge in [-0.1, -0.05) is 11.6 Å². The summed E-state index contributed by atoms with van der Waals surface area (Å²) in [5, 5.41) is 10.2. The molecule has 5 unspecified atom stereocenters. The number of phosphoric ester groups is 1. The molecule has 5 atom stereocenters. The first-order chi connectivity index (χ1) is 13.8. The Kier molecular flexibility index (Phi) is 16.2. The number of aromatic nitrogens is 4. The molecule has 2 aromatic heterocycles. The van der Waals surface area contributed by atoms with Crippen LogP contribution in [-0.2, 0) is 31.6 Å². The molecule has 24 heteroatoms. The van der Waals surface area contributed by atoms with E-state index in [1.807, 2.05) is 0 Å². The Morgan fingerprint density at radius 1 is 1.06 bits per heavy atom. The van der Waals surface area contributed by atoms with Crippen LogP contribution in [0.3, 0.4) is 0 Å². The van der Waals surface area contributed by atoms with Crippen molar-refractivity contribution in [3.63, 3.8) is 0 Å². The van der Waals surface area contributed by atoms with E-state index in [1.165, 1.54) is 17.2 Å². The van der Waals surface area contributed by atoms with E-state index in [4.69, 9.17) is 16.3 Å². The van der Waals surface area contributed by atoms with Crippen molar-refractivity contribution < 1.29 is 132 Å². The van der Waals surface area contributed by atoms with E-state index >= 15 is 0 Å². The van der Waals surface area contributed by atoms with E-state index in [9.17, 15) is 38.4 Å². The molecule has 1 fully saturated rings. The first kappa shape index (κ1) is 37.7. The van der Waals surface area contributed by atoms with Gasteiger partial charge in [0.15, 0.2) is 10.8 Å². The van der Waals surface area contributed by atoms with E-state index in [-0.39, 0.29) is 98.2 Å². The van der Waals surface area contributed by atoms with Gasteiger partial charge < -0.3 is 38.5 Å². The third kappa shape index (κ3) is 10.4. The van der Waals surface area contributed by atoms with E-state index < -0.39 is 48.5 Å². The second-order valence-corrected chi connectivity index (χ2v) is 10.3. The van der Waals surface area contributed by atoms with Crippen LogP contribution >= 0.6 is 35.1 Å². The summed E-state index contributed by atoms with van der Waals surface area (Å²) < 4.78 is 50.6. The number of aliphatic hydroxyl groups is 1. The van der Waals surface area contributed by atoms with Gasteiger partial charge in [-0.25, -0.2) is 19.3 Å². The van der Waals surface area contributed by atoms with Gasteiger partial charge in [-0.3, -0.25) is 18.0 Å². The largest absolute Gasteiger partial charge is 1.00 e. The fraction of sp³-hybridized carbons (Fsp3) is 0.500. The van der Waals surface area contributed by atoms with Gasteiger partial charge in [-0.05, 0) is 0 Å². The van der Waals surface area contributed by atoms with Gasteiger partial charge in [-0.15, -0.1) is 0 Å². The summed E-state index contributed by atoms with van der Waals surface area (Å²) in [6.45, 7) is -0.909. The van der Waals surface area contributed by atoms with Crippen molar-refractivity contribution >= 4 is 46.2 Å². The number of rotatable bonds is 8. The maximum absolute atomic E-state index is 11.6. The number of ether oxygens (including phenoxy) is 1. The Bertz CT molecular complexity index is 1090. The van der Waals surface area contributed by atoms with Crippen molar-refractivity contribution in [3.8, 4) is 0 Å². The van der Waals surface area contributed by atoms with Crippen LogP contribution < -0.4 is 95.0 Å². The molecule has 1 saturated heterocycles. The quantitative estimate of drug-likeness (QED) is 0.188. The molecule has 0 aliphatic carbocycles. The Balaban J connectivity index is 0. The number of hydrogen-bond acceptors (Lipinski definition) is 15. The molecule has 0 saturated carbocycles. The molecule has 0 spiro atoms. The molecule has 34 heavy (non-hydrogen) atoms. The predicted molar refractivity (Wildman–Crippen MR) is 85.8 cm³/mol. The molecule has 0 bridgehead atoms. The van der Waals surface area contributed by atoms with Crippen LogP contribution in [0.5, 0.6) is 0 Å². The molecule has 168 valence electrons. The maximum atomic E-state index is 11.6. The Morgan fingerprint density at radius 3 is 2.26 bits per heavy atom. The van der Waals surface area contributed by atoms with Crippen molar-refractivity contribution in [2.45, 2.75) is 24.9 Å². The molecule has 1 N–H and O–H groups in total. The van der Waals surface area contributed by atoms with Gasteiger partial charge in [0.05, 0.1) is 26.9 Å². The summed E-state index contributed by atoms with van der Waals surface area (Å²) in [5.74, 6) is 0. The Hall–Kier alpha value is 1.56. The molecular weight excluding hydrogens is 524 g/mol. The van der Waals surface area contributed by atoms with Gasteiger partial charge in [0, 0.05) is 6.42 Å². The van der Waals surface area contributed by atoms with Crippen LogP contribution in [0.15, 0.2) is 12.7 Å². The second kappa shape index (κ2) is 14.6. The summed E-state index contributed by atoms with van der Waals surface area (Å²) >= 11 is 5.90. The van der Waals surface area contributed by atoms with Crippen LogP contribution in [0.2, 0.25) is 5.15 Å². The number of aliphatic hydroxyl groups excluding tert-OH is 1. The zero-order chi connectivity index (χ0) is 22.3. The first-order valence-electron chi connectivity index (χ1n) is 7.64. The molecule has 0 amide bonds. The molecular formula is C10H10ClLi4N4O12P3. The van der Waals surface area contributed by atoms with Crippen molar-refractivity contribution in [2.75, 3.05) is 6.61 Å². The Morgan fingerprint density at radius 2 is 1.68 bits per heavy atom. The molecule has 1 aliphatic heterocycles. The zero-order valence-corrected chi connectivity index (χ0v) is 21.7. The second-order valence-electron chi connectivity index (χ2n) is 5.72. The van der Waals surface area contributed by atoms with Crippen LogP contribution in [0.1, 0.15) is 12.6 Å². The SMILES string of the molecule is O=P([O-])([O-])OP(=O)([O-])OP(=O)([O-])OCC1OC(n2cnc3c(Cl)ncnc32)CC1O.[Li+].[Li+].[Li+].[Li+]. The van der Waals surface area contributed by atoms with Gasteiger partial charge in [0.25, 0.3) is 15.6 Å². The Labute approximate surface area is 245 Å². The number of imidazole rings is 1. The van der Waals surface area contributed by atoms with Crippen molar-refractivity contribution in [2.24, 2.45) is 0 Å². The third-order valence-corrected chi connectivity index (χ3v) is 7.57. The summed E-state index contributed by atoms with van der Waals surface area (Å²) in [6, 6.07) is 0. The first-order valence-corrected chi connectivity index (χ1v) is 12.4. The fourth-order valence-electron chi connectivity index (χ4n) is 2.52. The van der Waals surface area contributed by atoms with E-state index in [2.05, 4.69) is 28.1 Å². The van der Waals surface area contributed by atoms with Crippen molar-refractivity contribution in [1.82, 2.24) is 19.5 Å². The topological polar surface area (TPSA) is 244 Å². The minimum absolute atomic E-state index is 0. The van der Waals surface area contributed by atoms with E-state index in [1.54, 1.807) is 0 Å². The van der Waals surface area contributed by atoms with Crippen molar-refractivity contribution in [3.05, 3.63) is 17.8 Å². The van der Waals surface area contributed by atoms with Gasteiger partial charge in [0.2, 0.25) is 0 Å². The van der Waals surface area contributed by atoms with Gasteiger partial charge in [-0.2, -0.15) is 0 Å². The summed E-state index contributed by atoms with van der Waals surface area (Å²) in [6.07, 6.45) is -0.966. The van der Waals surface area contributed by atoms with Crippen molar-refractivity contribution in [1.29, 1.82) is 0 Å². The van der Waals surface area contributed by atoms with Crippen LogP contribution in [-0.4, -0.2) is 43.4 Å². The molecule has 0 radical (unpaired) electrons. The van der Waals surface area contributed by atoms with Gasteiger partial charge >= 0.3 is 75.4 Å². The third-order valence-electron chi connectivity index (χ3n) is 3.63. The number of phosphoric acid groups is 3. The van der Waals surface area contributed by atoms with E-state index in [0.29, 0.717) is 0 Å². The molecule has 16 nitrogen and oxygen atoms in total. The zero-order valence-electron chi connectivity index (χ0n) is 18.2. The number of nitrogens with zero attached hydrogens (tertiary/aromatic N) is 4. The number of halogens is 1.